The van der Waals surface area contributed by atoms with Crippen molar-refractivity contribution in [3.8, 4) is 0 Å². The van der Waals surface area contributed by atoms with Gasteiger partial charge < -0.3 is 0 Å². The molecule has 1 fully saturated rings. The molecule has 0 saturated carbocycles. The molecule has 1 saturated heterocycles. The van der Waals surface area contributed by atoms with Gasteiger partial charge in [0.2, 0.25) is 10.0 Å². The number of hydrogen-bond acceptors (Lipinski definition) is 4. The SMILES string of the molecule is Cc1nn(CC(C)C)c(C)c1S(=O)(=O)NC1CCCSC1. The summed E-state index contributed by atoms with van der Waals surface area (Å²) >= 11 is 1.81. The third kappa shape index (κ3) is 4.02. The second-order valence-electron chi connectivity index (χ2n) is 6.11. The van der Waals surface area contributed by atoms with E-state index in [1.165, 1.54) is 0 Å². The van der Waals surface area contributed by atoms with E-state index in [2.05, 4.69) is 23.7 Å². The lowest BCUT2D eigenvalue weighted by Crippen LogP contribution is -2.38. The highest BCUT2D eigenvalue weighted by molar-refractivity contribution is 7.99. The van der Waals surface area contributed by atoms with Gasteiger partial charge in [0.15, 0.2) is 0 Å². The van der Waals surface area contributed by atoms with E-state index < -0.39 is 10.0 Å². The van der Waals surface area contributed by atoms with Crippen molar-refractivity contribution in [1.82, 2.24) is 14.5 Å². The number of sulfonamides is 1. The van der Waals surface area contributed by atoms with Crippen molar-refractivity contribution in [1.29, 1.82) is 0 Å². The summed E-state index contributed by atoms with van der Waals surface area (Å²) in [6.45, 7) is 8.55. The molecule has 0 aromatic carbocycles. The molecule has 0 aliphatic carbocycles. The fraction of sp³-hybridized carbons (Fsp3) is 0.786. The van der Waals surface area contributed by atoms with Gasteiger partial charge in [0.1, 0.15) is 4.90 Å². The maximum atomic E-state index is 12.7. The van der Waals surface area contributed by atoms with Crippen LogP contribution in [0.3, 0.4) is 0 Å². The molecule has 0 amide bonds. The number of hydrogen-bond donors (Lipinski definition) is 1. The van der Waals surface area contributed by atoms with Crippen molar-refractivity contribution in [3.05, 3.63) is 11.4 Å². The van der Waals surface area contributed by atoms with Gasteiger partial charge in [0, 0.05) is 18.3 Å². The van der Waals surface area contributed by atoms with Crippen LogP contribution >= 0.6 is 11.8 Å². The van der Waals surface area contributed by atoms with Crippen LogP contribution in [0.4, 0.5) is 0 Å². The fourth-order valence-corrected chi connectivity index (χ4v) is 5.56. The molecule has 1 aliphatic heterocycles. The van der Waals surface area contributed by atoms with E-state index in [-0.39, 0.29) is 6.04 Å². The Labute approximate surface area is 131 Å². The van der Waals surface area contributed by atoms with Crippen molar-refractivity contribution in [2.45, 2.75) is 58.0 Å². The quantitative estimate of drug-likeness (QED) is 0.899. The molecule has 2 rings (SSSR count). The third-order valence-corrected chi connectivity index (χ3v) is 6.59. The van der Waals surface area contributed by atoms with Gasteiger partial charge in [-0.2, -0.15) is 16.9 Å². The molecule has 0 spiro atoms. The second kappa shape index (κ2) is 6.71. The van der Waals surface area contributed by atoms with Gasteiger partial charge in [-0.3, -0.25) is 4.68 Å². The van der Waals surface area contributed by atoms with Crippen LogP contribution in [-0.4, -0.2) is 35.7 Å². The fourth-order valence-electron chi connectivity index (χ4n) is 2.71. The Morgan fingerprint density at radius 1 is 1.43 bits per heavy atom. The van der Waals surface area contributed by atoms with Crippen LogP contribution in [0.1, 0.15) is 38.1 Å². The van der Waals surface area contributed by atoms with E-state index >= 15 is 0 Å². The van der Waals surface area contributed by atoms with E-state index in [1.54, 1.807) is 6.92 Å². The lowest BCUT2D eigenvalue weighted by Gasteiger charge is -2.22. The minimum absolute atomic E-state index is 0.0426. The summed E-state index contributed by atoms with van der Waals surface area (Å²) in [5.41, 5.74) is 1.32. The predicted octanol–water partition coefficient (Wildman–Crippen LogP) is 2.33. The van der Waals surface area contributed by atoms with Crippen molar-refractivity contribution in [2.75, 3.05) is 11.5 Å². The van der Waals surface area contributed by atoms with Crippen LogP contribution in [0, 0.1) is 19.8 Å². The van der Waals surface area contributed by atoms with E-state index in [4.69, 9.17) is 0 Å². The molecule has 1 unspecified atom stereocenters. The highest BCUT2D eigenvalue weighted by Gasteiger charge is 2.28. The Morgan fingerprint density at radius 2 is 2.14 bits per heavy atom. The first-order valence-corrected chi connectivity index (χ1v) is 10.1. The van der Waals surface area contributed by atoms with Gasteiger partial charge in [-0.25, -0.2) is 13.1 Å². The second-order valence-corrected chi connectivity index (χ2v) is 8.91. The van der Waals surface area contributed by atoms with Crippen LogP contribution in [0.15, 0.2) is 4.90 Å². The lowest BCUT2D eigenvalue weighted by molar-refractivity contribution is 0.471. The van der Waals surface area contributed by atoms with Gasteiger partial charge in [0.05, 0.1) is 11.4 Å². The summed E-state index contributed by atoms with van der Waals surface area (Å²) in [6, 6.07) is 0.0426. The molecule has 1 N–H and O–H groups in total. The molecule has 5 nitrogen and oxygen atoms in total. The number of rotatable bonds is 5. The van der Waals surface area contributed by atoms with Crippen LogP contribution in [0.2, 0.25) is 0 Å². The molecular weight excluding hydrogens is 306 g/mol. The van der Waals surface area contributed by atoms with Gasteiger partial charge in [-0.05, 0) is 38.4 Å². The number of nitrogens with one attached hydrogen (secondary N) is 1. The van der Waals surface area contributed by atoms with Gasteiger partial charge in [-0.15, -0.1) is 0 Å². The smallest absolute Gasteiger partial charge is 0.244 e. The monoisotopic (exact) mass is 331 g/mol. The topological polar surface area (TPSA) is 64.0 Å². The zero-order chi connectivity index (χ0) is 15.6. The van der Waals surface area contributed by atoms with Crippen molar-refractivity contribution >= 4 is 21.8 Å². The van der Waals surface area contributed by atoms with E-state index in [1.807, 2.05) is 23.4 Å². The highest BCUT2D eigenvalue weighted by Crippen LogP contribution is 2.23. The molecule has 21 heavy (non-hydrogen) atoms. The number of thioether (sulfide) groups is 1. The summed E-state index contributed by atoms with van der Waals surface area (Å²) in [6.07, 6.45) is 1.99. The largest absolute Gasteiger partial charge is 0.268 e. The Bertz CT molecular complexity index is 588. The van der Waals surface area contributed by atoms with Crippen molar-refractivity contribution in [2.24, 2.45) is 5.92 Å². The zero-order valence-corrected chi connectivity index (χ0v) is 14.9. The molecule has 0 bridgehead atoms. The number of aryl methyl sites for hydroxylation is 1. The van der Waals surface area contributed by atoms with Crippen molar-refractivity contribution < 1.29 is 8.42 Å². The maximum Gasteiger partial charge on any atom is 0.244 e. The summed E-state index contributed by atoms with van der Waals surface area (Å²) in [5, 5.41) is 4.40. The van der Waals surface area contributed by atoms with E-state index in [9.17, 15) is 8.42 Å². The molecule has 120 valence electrons. The van der Waals surface area contributed by atoms with Gasteiger partial charge in [-0.1, -0.05) is 13.8 Å². The first kappa shape index (κ1) is 16.8. The van der Waals surface area contributed by atoms with E-state index in [0.29, 0.717) is 16.5 Å². The number of nitrogens with zero attached hydrogens (tertiary/aromatic N) is 2. The molecule has 1 aliphatic rings. The molecule has 1 aromatic heterocycles. The maximum absolute atomic E-state index is 12.7. The van der Waals surface area contributed by atoms with Crippen LogP contribution < -0.4 is 4.72 Å². The Morgan fingerprint density at radius 3 is 2.71 bits per heavy atom. The Kier molecular flexibility index (Phi) is 5.38. The van der Waals surface area contributed by atoms with Crippen LogP contribution in [-0.2, 0) is 16.6 Å². The standard InChI is InChI=1S/C14H25N3O2S2/c1-10(2)8-17-12(4)14(11(3)15-17)21(18,19)16-13-6-5-7-20-9-13/h10,13,16H,5-9H2,1-4H3. The predicted molar refractivity (Wildman–Crippen MR) is 87.2 cm³/mol. The van der Waals surface area contributed by atoms with Gasteiger partial charge in [0.25, 0.3) is 0 Å². The summed E-state index contributed by atoms with van der Waals surface area (Å²) in [5.74, 6) is 2.42. The molecule has 1 atom stereocenters. The summed E-state index contributed by atoms with van der Waals surface area (Å²) in [7, 11) is -3.48. The molecule has 7 heteroatoms. The molecular formula is C14H25N3O2S2. The Balaban J connectivity index is 2.24. The van der Waals surface area contributed by atoms with Gasteiger partial charge >= 0.3 is 0 Å². The molecule has 2 heterocycles. The summed E-state index contributed by atoms with van der Waals surface area (Å²) < 4.78 is 30.0. The minimum atomic E-state index is -3.48. The van der Waals surface area contributed by atoms with Crippen molar-refractivity contribution in [3.63, 3.8) is 0 Å². The van der Waals surface area contributed by atoms with Crippen LogP contribution in [0.25, 0.3) is 0 Å². The first-order chi connectivity index (χ1) is 9.81. The molecule has 0 radical (unpaired) electrons. The summed E-state index contributed by atoms with van der Waals surface area (Å²) in [4.78, 5) is 0.360. The van der Waals surface area contributed by atoms with E-state index in [0.717, 1.165) is 36.6 Å². The number of aromatic nitrogens is 2. The zero-order valence-electron chi connectivity index (χ0n) is 13.2. The highest BCUT2D eigenvalue weighted by atomic mass is 32.2. The average Bonchev–Trinajstić information content (AvgIpc) is 2.64. The first-order valence-electron chi connectivity index (χ1n) is 7.45. The minimum Gasteiger partial charge on any atom is -0.268 e. The average molecular weight is 332 g/mol. The lowest BCUT2D eigenvalue weighted by atomic mass is 10.2. The third-order valence-electron chi connectivity index (χ3n) is 3.60. The van der Waals surface area contributed by atoms with Crippen LogP contribution in [0.5, 0.6) is 0 Å². The Hall–Kier alpha value is -0.530. The molecule has 1 aromatic rings. The normalized spacial score (nSPS) is 20.1.